The maximum Gasteiger partial charge on any atom is 0.318 e. The van der Waals surface area contributed by atoms with Gasteiger partial charge in [0, 0.05) is 32.7 Å². The molecule has 0 bridgehead atoms. The number of sulfonamides is 1. The van der Waals surface area contributed by atoms with E-state index in [0.29, 0.717) is 32.7 Å². The molecule has 0 spiro atoms. The van der Waals surface area contributed by atoms with Gasteiger partial charge in [0.15, 0.2) is 0 Å². The Labute approximate surface area is 182 Å². The Morgan fingerprint density at radius 1 is 1.06 bits per heavy atom. The molecule has 0 radical (unpaired) electrons. The van der Waals surface area contributed by atoms with Gasteiger partial charge in [-0.3, -0.25) is 0 Å². The van der Waals surface area contributed by atoms with Crippen molar-refractivity contribution in [2.24, 2.45) is 0 Å². The molecule has 2 amide bonds. The Hall–Kier alpha value is -2.82. The van der Waals surface area contributed by atoms with Gasteiger partial charge in [0.05, 0.1) is 20.6 Å². The highest BCUT2D eigenvalue weighted by molar-refractivity contribution is 7.89. The summed E-state index contributed by atoms with van der Waals surface area (Å²) in [6.45, 7) is 1.70. The van der Waals surface area contributed by atoms with Crippen molar-refractivity contribution < 1.29 is 17.6 Å². The van der Waals surface area contributed by atoms with E-state index in [1.807, 2.05) is 0 Å². The van der Waals surface area contributed by atoms with Crippen molar-refractivity contribution in [1.29, 1.82) is 0 Å². The van der Waals surface area contributed by atoms with Crippen LogP contribution in [0.5, 0.6) is 0 Å². The molecule has 0 aliphatic carbocycles. The van der Waals surface area contributed by atoms with Crippen molar-refractivity contribution in [3.63, 3.8) is 0 Å². The Morgan fingerprint density at radius 2 is 1.77 bits per heavy atom. The van der Waals surface area contributed by atoms with E-state index in [1.54, 1.807) is 40.7 Å². The minimum atomic E-state index is -3.62. The van der Waals surface area contributed by atoms with Crippen LogP contribution in [-0.4, -0.2) is 54.8 Å². The Kier molecular flexibility index (Phi) is 4.99. The molecule has 2 aliphatic rings. The molecule has 0 saturated carbocycles. The minimum Gasteiger partial charge on any atom is -0.334 e. The van der Waals surface area contributed by atoms with E-state index in [-0.39, 0.29) is 16.7 Å². The number of urea groups is 1. The van der Waals surface area contributed by atoms with Crippen molar-refractivity contribution >= 4 is 37.6 Å². The van der Waals surface area contributed by atoms with Crippen LogP contribution in [0.25, 0.3) is 10.2 Å². The second-order valence-corrected chi connectivity index (χ2v) is 10.4. The third-order valence-electron chi connectivity index (χ3n) is 5.58. The number of hydrogen-bond donors (Lipinski definition) is 1. The zero-order chi connectivity index (χ0) is 21.6. The summed E-state index contributed by atoms with van der Waals surface area (Å²) in [6, 6.07) is 10.7. The van der Waals surface area contributed by atoms with Crippen LogP contribution in [0.3, 0.4) is 0 Å². The van der Waals surface area contributed by atoms with E-state index >= 15 is 0 Å². The van der Waals surface area contributed by atoms with Crippen molar-refractivity contribution in [3.8, 4) is 0 Å². The highest BCUT2D eigenvalue weighted by Crippen LogP contribution is 2.31. The monoisotopic (exact) mass is 458 g/mol. The molecule has 2 aliphatic heterocycles. The van der Waals surface area contributed by atoms with Crippen LogP contribution in [0, 0.1) is 5.82 Å². The zero-order valence-corrected chi connectivity index (χ0v) is 18.0. The zero-order valence-electron chi connectivity index (χ0n) is 16.4. The predicted molar refractivity (Wildman–Crippen MR) is 116 cm³/mol. The number of thiazole rings is 1. The number of nitrogens with one attached hydrogen (secondary N) is 1. The highest BCUT2D eigenvalue weighted by atomic mass is 32.2. The first-order valence-corrected chi connectivity index (χ1v) is 12.0. The third-order valence-corrected chi connectivity index (χ3v) is 8.16. The lowest BCUT2D eigenvalue weighted by molar-refractivity contribution is 0.208. The van der Waals surface area contributed by atoms with Crippen LogP contribution in [0.2, 0.25) is 0 Å². The molecule has 1 N–H and O–H groups in total. The number of benzene rings is 2. The van der Waals surface area contributed by atoms with E-state index in [0.717, 1.165) is 26.9 Å². The summed E-state index contributed by atoms with van der Waals surface area (Å²) in [5.74, 6) is -0.318. The number of amides is 2. The van der Waals surface area contributed by atoms with E-state index in [1.165, 1.54) is 27.8 Å². The quantitative estimate of drug-likeness (QED) is 0.610. The minimum absolute atomic E-state index is 0.219. The standard InChI is InChI=1S/C21H19FN4O3S2/c22-17-3-1-14(2-4-17)8-23-21(27)25-9-15-11-26(12-16(15)10-25)31(28,29)18-5-6-19-20(7-18)30-13-24-19/h1-7,13H,8-12H2,(H,23,27). The Balaban J connectivity index is 1.20. The van der Waals surface area contributed by atoms with E-state index in [2.05, 4.69) is 10.3 Å². The third kappa shape index (κ3) is 3.82. The molecular formula is C21H19FN4O3S2. The molecule has 10 heteroatoms. The largest absolute Gasteiger partial charge is 0.334 e. The van der Waals surface area contributed by atoms with Crippen LogP contribution >= 0.6 is 11.3 Å². The fourth-order valence-corrected chi connectivity index (χ4v) is 6.14. The first kappa shape index (κ1) is 20.1. The average Bonchev–Trinajstić information content (AvgIpc) is 3.47. The molecular weight excluding hydrogens is 439 g/mol. The van der Waals surface area contributed by atoms with Crippen LogP contribution in [0.15, 0.2) is 64.0 Å². The fraction of sp³-hybridized carbons (Fsp3) is 0.238. The summed E-state index contributed by atoms with van der Waals surface area (Å²) in [6.07, 6.45) is 0. The number of carbonyl (C=O) groups excluding carboxylic acids is 1. The summed E-state index contributed by atoms with van der Waals surface area (Å²) in [4.78, 5) is 18.6. The van der Waals surface area contributed by atoms with Gasteiger partial charge in [-0.05, 0) is 47.0 Å². The Bertz CT molecular complexity index is 1280. The lowest BCUT2D eigenvalue weighted by atomic mass is 10.2. The molecule has 0 fully saturated rings. The van der Waals surface area contributed by atoms with Crippen LogP contribution in [0.4, 0.5) is 9.18 Å². The molecule has 7 nitrogen and oxygen atoms in total. The summed E-state index contributed by atoms with van der Waals surface area (Å²) in [5.41, 5.74) is 5.24. The number of carbonyl (C=O) groups is 1. The second-order valence-electron chi connectivity index (χ2n) is 7.60. The van der Waals surface area contributed by atoms with Crippen LogP contribution < -0.4 is 5.32 Å². The number of halogens is 1. The second kappa shape index (κ2) is 7.70. The number of nitrogens with zero attached hydrogens (tertiary/aromatic N) is 3. The number of rotatable bonds is 4. The first-order valence-electron chi connectivity index (χ1n) is 9.70. The van der Waals surface area contributed by atoms with Crippen LogP contribution in [0.1, 0.15) is 5.56 Å². The topological polar surface area (TPSA) is 82.6 Å². The fourth-order valence-electron chi connectivity index (χ4n) is 3.90. The highest BCUT2D eigenvalue weighted by Gasteiger charge is 2.37. The molecule has 31 heavy (non-hydrogen) atoms. The summed E-state index contributed by atoms with van der Waals surface area (Å²) >= 11 is 1.41. The summed E-state index contributed by atoms with van der Waals surface area (Å²) in [7, 11) is -3.62. The van der Waals surface area contributed by atoms with Gasteiger partial charge in [-0.1, -0.05) is 12.1 Å². The van der Waals surface area contributed by atoms with Gasteiger partial charge >= 0.3 is 6.03 Å². The SMILES string of the molecule is O=C(NCc1ccc(F)cc1)N1CC2=C(C1)CN(S(=O)(=O)c1ccc3ncsc3c1)C2. The van der Waals surface area contributed by atoms with E-state index in [9.17, 15) is 17.6 Å². The molecule has 5 rings (SSSR count). The molecule has 1 aromatic heterocycles. The lowest BCUT2D eigenvalue weighted by Crippen LogP contribution is -2.41. The number of fused-ring (bicyclic) bond motifs is 1. The maximum absolute atomic E-state index is 13.1. The normalized spacial score (nSPS) is 16.9. The molecule has 0 unspecified atom stereocenters. The van der Waals surface area contributed by atoms with E-state index < -0.39 is 10.0 Å². The van der Waals surface area contributed by atoms with Gasteiger partial charge in [-0.2, -0.15) is 4.31 Å². The molecule has 0 atom stereocenters. The molecule has 0 saturated heterocycles. The van der Waals surface area contributed by atoms with Crippen LogP contribution in [-0.2, 0) is 16.6 Å². The molecule has 3 aromatic rings. The number of hydrogen-bond acceptors (Lipinski definition) is 5. The van der Waals surface area contributed by atoms with Crippen molar-refractivity contribution in [1.82, 2.24) is 19.5 Å². The van der Waals surface area contributed by atoms with Crippen molar-refractivity contribution in [2.75, 3.05) is 26.2 Å². The van der Waals surface area contributed by atoms with Gasteiger partial charge in [-0.15, -0.1) is 11.3 Å². The molecule has 160 valence electrons. The maximum atomic E-state index is 13.1. The molecule has 2 aromatic carbocycles. The average molecular weight is 459 g/mol. The van der Waals surface area contributed by atoms with Crippen molar-refractivity contribution in [3.05, 3.63) is 70.5 Å². The van der Waals surface area contributed by atoms with Gasteiger partial charge < -0.3 is 10.2 Å². The van der Waals surface area contributed by atoms with Crippen molar-refractivity contribution in [2.45, 2.75) is 11.4 Å². The molecule has 3 heterocycles. The van der Waals surface area contributed by atoms with E-state index in [4.69, 9.17) is 0 Å². The van der Waals surface area contributed by atoms with Gasteiger partial charge in [0.1, 0.15) is 5.82 Å². The predicted octanol–water partition coefficient (Wildman–Crippen LogP) is 2.96. The van der Waals surface area contributed by atoms with Gasteiger partial charge in [0.25, 0.3) is 0 Å². The van der Waals surface area contributed by atoms with Gasteiger partial charge in [0.2, 0.25) is 10.0 Å². The summed E-state index contributed by atoms with van der Waals surface area (Å²) < 4.78 is 41.5. The Morgan fingerprint density at radius 3 is 2.48 bits per heavy atom. The number of aromatic nitrogens is 1. The first-order chi connectivity index (χ1) is 14.9. The van der Waals surface area contributed by atoms with Gasteiger partial charge in [-0.25, -0.2) is 22.6 Å². The summed E-state index contributed by atoms with van der Waals surface area (Å²) in [5, 5.41) is 2.83. The lowest BCUT2D eigenvalue weighted by Gasteiger charge is -2.23. The smallest absolute Gasteiger partial charge is 0.318 e.